The van der Waals surface area contributed by atoms with E-state index >= 15 is 0 Å². The molecule has 0 spiro atoms. The lowest BCUT2D eigenvalue weighted by Gasteiger charge is -2.38. The Bertz CT molecular complexity index is 457. The molecule has 7 heteroatoms. The molecule has 20 heavy (non-hydrogen) atoms. The largest absolute Gasteiger partial charge is 0.481 e. The average molecular weight is 290 g/mol. The maximum atomic E-state index is 12.7. The van der Waals surface area contributed by atoms with E-state index in [1.165, 1.54) is 7.11 Å². The summed E-state index contributed by atoms with van der Waals surface area (Å²) in [5.74, 6) is 0.478. The third-order valence-corrected chi connectivity index (χ3v) is 3.59. The van der Waals surface area contributed by atoms with Crippen LogP contribution in [-0.4, -0.2) is 47.0 Å². The van der Waals surface area contributed by atoms with Crippen molar-refractivity contribution in [1.29, 1.82) is 0 Å². The molecule has 4 nitrogen and oxygen atoms in total. The van der Waals surface area contributed by atoms with E-state index in [4.69, 9.17) is 4.74 Å². The van der Waals surface area contributed by atoms with Gasteiger partial charge in [-0.2, -0.15) is 13.2 Å². The summed E-state index contributed by atoms with van der Waals surface area (Å²) >= 11 is 0. The number of nitrogens with zero attached hydrogens (tertiary/aromatic N) is 2. The molecule has 1 fully saturated rings. The van der Waals surface area contributed by atoms with Crippen LogP contribution in [0.5, 0.6) is 5.88 Å². The maximum absolute atomic E-state index is 12.7. The van der Waals surface area contributed by atoms with Crippen molar-refractivity contribution in [2.24, 2.45) is 0 Å². The molecule has 1 N–H and O–H groups in total. The average Bonchev–Trinajstić information content (AvgIpc) is 2.40. The number of methoxy groups -OCH3 is 1. The summed E-state index contributed by atoms with van der Waals surface area (Å²) in [5.41, 5.74) is -1.81. The number of halogens is 3. The first kappa shape index (κ1) is 15.1. The van der Waals surface area contributed by atoms with Gasteiger partial charge >= 0.3 is 6.18 Å². The molecule has 1 aromatic rings. The van der Waals surface area contributed by atoms with Gasteiger partial charge in [0.1, 0.15) is 0 Å². The van der Waals surface area contributed by atoms with E-state index in [0.29, 0.717) is 12.4 Å². The standard InChI is InChI=1S/C13H17F3N2O2/c1-20-11-4-2-3-10(17-11)9-18-7-5-12(19,6-8-18)13(14,15)16/h2-4,19H,5-9H2,1H3. The van der Waals surface area contributed by atoms with Crippen molar-refractivity contribution in [3.05, 3.63) is 23.9 Å². The SMILES string of the molecule is COc1cccc(CN2CCC(O)(C(F)(F)F)CC2)n1. The van der Waals surface area contributed by atoms with E-state index in [-0.39, 0.29) is 25.9 Å². The Morgan fingerprint density at radius 2 is 2.00 bits per heavy atom. The number of likely N-dealkylation sites (tertiary alicyclic amines) is 1. The number of hydrogen-bond acceptors (Lipinski definition) is 4. The number of aliphatic hydroxyl groups is 1. The number of aromatic nitrogens is 1. The molecule has 0 atom stereocenters. The number of pyridine rings is 1. The van der Waals surface area contributed by atoms with Crippen LogP contribution in [0.25, 0.3) is 0 Å². The second kappa shape index (κ2) is 5.57. The molecule has 2 heterocycles. The molecule has 0 bridgehead atoms. The van der Waals surface area contributed by atoms with Crippen LogP contribution in [0.4, 0.5) is 13.2 Å². The molecule has 0 aliphatic carbocycles. The van der Waals surface area contributed by atoms with Crippen molar-refractivity contribution in [3.63, 3.8) is 0 Å². The van der Waals surface area contributed by atoms with Gasteiger partial charge in [-0.1, -0.05) is 6.07 Å². The summed E-state index contributed by atoms with van der Waals surface area (Å²) < 4.78 is 43.0. The van der Waals surface area contributed by atoms with Gasteiger partial charge < -0.3 is 9.84 Å². The van der Waals surface area contributed by atoms with Gasteiger partial charge in [0.15, 0.2) is 5.60 Å². The Kier molecular flexibility index (Phi) is 4.19. The number of hydrogen-bond donors (Lipinski definition) is 1. The third-order valence-electron chi connectivity index (χ3n) is 3.59. The van der Waals surface area contributed by atoms with Crippen LogP contribution < -0.4 is 4.74 Å². The minimum absolute atomic E-state index is 0.189. The van der Waals surface area contributed by atoms with Crippen molar-refractivity contribution in [2.45, 2.75) is 31.2 Å². The second-order valence-corrected chi connectivity index (χ2v) is 4.98. The molecule has 0 amide bonds. The summed E-state index contributed by atoms with van der Waals surface area (Å²) in [5, 5.41) is 9.59. The monoisotopic (exact) mass is 290 g/mol. The van der Waals surface area contributed by atoms with E-state index in [1.807, 2.05) is 4.90 Å². The Hall–Kier alpha value is -1.34. The predicted molar refractivity (Wildman–Crippen MR) is 66.3 cm³/mol. The number of rotatable bonds is 3. The van der Waals surface area contributed by atoms with Crippen molar-refractivity contribution >= 4 is 0 Å². The zero-order valence-electron chi connectivity index (χ0n) is 11.2. The highest BCUT2D eigenvalue weighted by molar-refractivity contribution is 5.15. The Morgan fingerprint density at radius 1 is 1.35 bits per heavy atom. The lowest BCUT2D eigenvalue weighted by Crippen LogP contribution is -2.53. The van der Waals surface area contributed by atoms with Crippen LogP contribution in [0.1, 0.15) is 18.5 Å². The van der Waals surface area contributed by atoms with E-state index in [2.05, 4.69) is 4.98 Å². The normalized spacial score (nSPS) is 19.9. The van der Waals surface area contributed by atoms with E-state index < -0.39 is 11.8 Å². The number of alkyl halides is 3. The van der Waals surface area contributed by atoms with Crippen LogP contribution in [0, 0.1) is 0 Å². The van der Waals surface area contributed by atoms with E-state index in [9.17, 15) is 18.3 Å². The van der Waals surface area contributed by atoms with Crippen molar-refractivity contribution in [1.82, 2.24) is 9.88 Å². The van der Waals surface area contributed by atoms with E-state index in [0.717, 1.165) is 5.69 Å². The lowest BCUT2D eigenvalue weighted by molar-refractivity contribution is -0.272. The first-order valence-corrected chi connectivity index (χ1v) is 6.35. The molecule has 0 saturated carbocycles. The van der Waals surface area contributed by atoms with Gasteiger partial charge in [0.2, 0.25) is 5.88 Å². The van der Waals surface area contributed by atoms with Gasteiger partial charge in [-0.15, -0.1) is 0 Å². The van der Waals surface area contributed by atoms with Gasteiger partial charge in [0, 0.05) is 25.7 Å². The molecular formula is C13H17F3N2O2. The van der Waals surface area contributed by atoms with Gasteiger partial charge in [-0.3, -0.25) is 4.90 Å². The predicted octanol–water partition coefficient (Wildman–Crippen LogP) is 1.98. The molecular weight excluding hydrogens is 273 g/mol. The molecule has 1 aliphatic heterocycles. The Morgan fingerprint density at radius 3 is 2.55 bits per heavy atom. The first-order chi connectivity index (χ1) is 9.34. The Labute approximate surface area is 115 Å². The van der Waals surface area contributed by atoms with Gasteiger partial charge in [0.25, 0.3) is 0 Å². The second-order valence-electron chi connectivity index (χ2n) is 4.98. The molecule has 1 aromatic heterocycles. The molecule has 2 rings (SSSR count). The van der Waals surface area contributed by atoms with Crippen LogP contribution in [-0.2, 0) is 6.54 Å². The van der Waals surface area contributed by atoms with E-state index in [1.54, 1.807) is 18.2 Å². The highest BCUT2D eigenvalue weighted by Crippen LogP contribution is 2.38. The van der Waals surface area contributed by atoms with Crippen LogP contribution in [0.2, 0.25) is 0 Å². The first-order valence-electron chi connectivity index (χ1n) is 6.35. The topological polar surface area (TPSA) is 45.6 Å². The quantitative estimate of drug-likeness (QED) is 0.924. The zero-order valence-corrected chi connectivity index (χ0v) is 11.2. The van der Waals surface area contributed by atoms with Crippen molar-refractivity contribution in [2.75, 3.05) is 20.2 Å². The molecule has 1 aliphatic rings. The minimum Gasteiger partial charge on any atom is -0.481 e. The van der Waals surface area contributed by atoms with Crippen LogP contribution in [0.3, 0.4) is 0 Å². The zero-order chi connectivity index (χ0) is 14.8. The summed E-state index contributed by atoms with van der Waals surface area (Å²) in [4.78, 5) is 6.07. The van der Waals surface area contributed by atoms with Crippen LogP contribution >= 0.6 is 0 Å². The fourth-order valence-corrected chi connectivity index (χ4v) is 2.25. The third kappa shape index (κ3) is 3.21. The highest BCUT2D eigenvalue weighted by Gasteiger charge is 2.54. The Balaban J connectivity index is 1.94. The molecule has 0 radical (unpaired) electrons. The molecule has 112 valence electrons. The lowest BCUT2D eigenvalue weighted by atomic mass is 9.91. The molecule has 0 aromatic carbocycles. The summed E-state index contributed by atoms with van der Waals surface area (Å²) in [7, 11) is 1.51. The van der Waals surface area contributed by atoms with Gasteiger partial charge in [0.05, 0.1) is 12.8 Å². The smallest absolute Gasteiger partial charge is 0.417 e. The maximum Gasteiger partial charge on any atom is 0.417 e. The van der Waals surface area contributed by atoms with Gasteiger partial charge in [-0.05, 0) is 18.9 Å². The summed E-state index contributed by atoms with van der Waals surface area (Å²) in [6, 6.07) is 5.30. The summed E-state index contributed by atoms with van der Waals surface area (Å²) in [6.07, 6.45) is -5.17. The summed E-state index contributed by atoms with van der Waals surface area (Å²) in [6.45, 7) is 0.828. The molecule has 0 unspecified atom stereocenters. The van der Waals surface area contributed by atoms with Crippen molar-refractivity contribution in [3.8, 4) is 5.88 Å². The highest BCUT2D eigenvalue weighted by atomic mass is 19.4. The number of ether oxygens (including phenoxy) is 1. The minimum atomic E-state index is -4.56. The van der Waals surface area contributed by atoms with Crippen molar-refractivity contribution < 1.29 is 23.0 Å². The number of piperidine rings is 1. The molecule has 1 saturated heterocycles. The fraction of sp³-hybridized carbons (Fsp3) is 0.615. The van der Waals surface area contributed by atoms with Gasteiger partial charge in [-0.25, -0.2) is 4.98 Å². The van der Waals surface area contributed by atoms with Crippen LogP contribution in [0.15, 0.2) is 18.2 Å². The fourth-order valence-electron chi connectivity index (χ4n) is 2.25.